The molecule has 6 nitrogen and oxygen atoms in total. The van der Waals surface area contributed by atoms with Crippen molar-refractivity contribution in [2.75, 3.05) is 11.9 Å². The lowest BCUT2D eigenvalue weighted by Gasteiger charge is -2.08. The zero-order valence-electron chi connectivity index (χ0n) is 13.9. The average molecular weight is 337 g/mol. The minimum absolute atomic E-state index is 0.126. The molecule has 0 bridgehead atoms. The number of carbonyl (C=O) groups excluding carboxylic acids is 2. The molecule has 0 aliphatic rings. The standard InChI is InChI=1S/C19H19N3O3/c1-2-25-19(24)14-6-5-7-15(12-14)21-18(23)10-11-22-13-20-16-8-3-4-9-17(16)22/h3-9,12-13H,2,10-11H2,1H3,(H,21,23). The lowest BCUT2D eigenvalue weighted by molar-refractivity contribution is -0.116. The van der Waals surface area contributed by atoms with Gasteiger partial charge in [-0.25, -0.2) is 9.78 Å². The van der Waals surface area contributed by atoms with Crippen LogP contribution in [0.3, 0.4) is 0 Å². The predicted molar refractivity (Wildman–Crippen MR) is 95.4 cm³/mol. The molecular weight excluding hydrogens is 318 g/mol. The number of aryl methyl sites for hydroxylation is 1. The Kier molecular flexibility index (Phi) is 5.09. The Bertz CT molecular complexity index is 902. The van der Waals surface area contributed by atoms with Crippen LogP contribution < -0.4 is 5.32 Å². The van der Waals surface area contributed by atoms with Gasteiger partial charge < -0.3 is 14.6 Å². The molecule has 0 unspecified atom stereocenters. The van der Waals surface area contributed by atoms with Crippen molar-refractivity contribution in [1.29, 1.82) is 0 Å². The number of hydrogen-bond donors (Lipinski definition) is 1. The van der Waals surface area contributed by atoms with Crippen LogP contribution in [0.25, 0.3) is 11.0 Å². The zero-order chi connectivity index (χ0) is 17.6. The Morgan fingerprint density at radius 1 is 1.16 bits per heavy atom. The summed E-state index contributed by atoms with van der Waals surface area (Å²) in [5.41, 5.74) is 2.90. The van der Waals surface area contributed by atoms with Gasteiger partial charge in [-0.05, 0) is 37.3 Å². The number of esters is 1. The third-order valence-corrected chi connectivity index (χ3v) is 3.76. The minimum atomic E-state index is -0.400. The second-order valence-corrected chi connectivity index (χ2v) is 5.53. The summed E-state index contributed by atoms with van der Waals surface area (Å²) < 4.78 is 6.91. The monoisotopic (exact) mass is 337 g/mol. The summed E-state index contributed by atoms with van der Waals surface area (Å²) in [5.74, 6) is -0.526. The smallest absolute Gasteiger partial charge is 0.338 e. The minimum Gasteiger partial charge on any atom is -0.462 e. The number of benzene rings is 2. The molecule has 0 aliphatic heterocycles. The first-order valence-electron chi connectivity index (χ1n) is 8.14. The number of para-hydroxylation sites is 2. The van der Waals surface area contributed by atoms with Gasteiger partial charge in [0.2, 0.25) is 5.91 Å². The van der Waals surface area contributed by atoms with E-state index in [0.717, 1.165) is 11.0 Å². The van der Waals surface area contributed by atoms with E-state index in [4.69, 9.17) is 4.74 Å². The van der Waals surface area contributed by atoms with Crippen molar-refractivity contribution in [3.63, 3.8) is 0 Å². The van der Waals surface area contributed by atoms with Crippen molar-refractivity contribution >= 4 is 28.6 Å². The van der Waals surface area contributed by atoms with Gasteiger partial charge in [0, 0.05) is 18.7 Å². The molecule has 0 saturated heterocycles. The van der Waals surface area contributed by atoms with Gasteiger partial charge >= 0.3 is 5.97 Å². The molecule has 1 N–H and O–H groups in total. The lowest BCUT2D eigenvalue weighted by atomic mass is 10.2. The Labute approximate surface area is 145 Å². The fourth-order valence-electron chi connectivity index (χ4n) is 2.57. The van der Waals surface area contributed by atoms with E-state index in [1.807, 2.05) is 28.8 Å². The average Bonchev–Trinajstić information content (AvgIpc) is 3.04. The van der Waals surface area contributed by atoms with Crippen LogP contribution in [-0.2, 0) is 16.1 Å². The molecule has 0 atom stereocenters. The third-order valence-electron chi connectivity index (χ3n) is 3.76. The summed E-state index contributed by atoms with van der Waals surface area (Å²) in [6.07, 6.45) is 2.04. The highest BCUT2D eigenvalue weighted by molar-refractivity contribution is 5.94. The molecular formula is C19H19N3O3. The summed E-state index contributed by atoms with van der Waals surface area (Å²) in [7, 11) is 0. The number of anilines is 1. The van der Waals surface area contributed by atoms with Gasteiger partial charge in [0.15, 0.2) is 0 Å². The maximum atomic E-state index is 12.2. The largest absolute Gasteiger partial charge is 0.462 e. The number of rotatable bonds is 6. The van der Waals surface area contributed by atoms with Gasteiger partial charge in [0.05, 0.1) is 29.5 Å². The van der Waals surface area contributed by atoms with Crippen molar-refractivity contribution in [3.05, 3.63) is 60.4 Å². The van der Waals surface area contributed by atoms with E-state index < -0.39 is 5.97 Å². The highest BCUT2D eigenvalue weighted by Gasteiger charge is 2.09. The highest BCUT2D eigenvalue weighted by atomic mass is 16.5. The molecule has 0 fully saturated rings. The number of fused-ring (bicyclic) bond motifs is 1. The summed E-state index contributed by atoms with van der Waals surface area (Å²) in [5, 5.41) is 2.81. The number of ether oxygens (including phenoxy) is 1. The number of imidazole rings is 1. The van der Waals surface area contributed by atoms with Crippen LogP contribution in [0.15, 0.2) is 54.9 Å². The first-order valence-corrected chi connectivity index (χ1v) is 8.14. The van der Waals surface area contributed by atoms with Crippen molar-refractivity contribution in [2.45, 2.75) is 19.9 Å². The van der Waals surface area contributed by atoms with Gasteiger partial charge in [0.25, 0.3) is 0 Å². The highest BCUT2D eigenvalue weighted by Crippen LogP contribution is 2.14. The van der Waals surface area contributed by atoms with Crippen LogP contribution in [0.2, 0.25) is 0 Å². The van der Waals surface area contributed by atoms with E-state index in [1.54, 1.807) is 37.5 Å². The van der Waals surface area contributed by atoms with Gasteiger partial charge in [-0.15, -0.1) is 0 Å². The molecule has 2 aromatic carbocycles. The molecule has 3 aromatic rings. The summed E-state index contributed by atoms with van der Waals surface area (Å²) in [6, 6.07) is 14.5. The van der Waals surface area contributed by atoms with Gasteiger partial charge in [-0.3, -0.25) is 4.79 Å². The fraction of sp³-hybridized carbons (Fsp3) is 0.211. The van der Waals surface area contributed by atoms with E-state index >= 15 is 0 Å². The molecule has 6 heteroatoms. The quantitative estimate of drug-likeness (QED) is 0.701. The molecule has 25 heavy (non-hydrogen) atoms. The molecule has 1 heterocycles. The van der Waals surface area contributed by atoms with E-state index in [0.29, 0.717) is 30.8 Å². The topological polar surface area (TPSA) is 73.2 Å². The Hall–Kier alpha value is -3.15. The first-order chi connectivity index (χ1) is 12.2. The molecule has 3 rings (SSSR count). The van der Waals surface area contributed by atoms with Crippen molar-refractivity contribution in [3.8, 4) is 0 Å². The zero-order valence-corrected chi connectivity index (χ0v) is 13.9. The van der Waals surface area contributed by atoms with Crippen molar-refractivity contribution < 1.29 is 14.3 Å². The van der Waals surface area contributed by atoms with Crippen molar-refractivity contribution in [1.82, 2.24) is 9.55 Å². The van der Waals surface area contributed by atoms with E-state index in [9.17, 15) is 9.59 Å². The molecule has 0 spiro atoms. The van der Waals surface area contributed by atoms with Crippen LogP contribution >= 0.6 is 0 Å². The van der Waals surface area contributed by atoms with Gasteiger partial charge in [-0.2, -0.15) is 0 Å². The number of hydrogen-bond acceptors (Lipinski definition) is 4. The van der Waals surface area contributed by atoms with E-state index in [1.165, 1.54) is 0 Å². The van der Waals surface area contributed by atoms with Crippen LogP contribution in [0.5, 0.6) is 0 Å². The Morgan fingerprint density at radius 3 is 2.84 bits per heavy atom. The molecule has 128 valence electrons. The molecule has 0 radical (unpaired) electrons. The van der Waals surface area contributed by atoms with Crippen molar-refractivity contribution in [2.24, 2.45) is 0 Å². The second kappa shape index (κ2) is 7.61. The fourth-order valence-corrected chi connectivity index (χ4v) is 2.57. The van der Waals surface area contributed by atoms with Crippen LogP contribution in [0.4, 0.5) is 5.69 Å². The molecule has 1 amide bonds. The Morgan fingerprint density at radius 2 is 2.00 bits per heavy atom. The lowest BCUT2D eigenvalue weighted by Crippen LogP contribution is -2.15. The molecule has 0 aliphatic carbocycles. The number of nitrogens with one attached hydrogen (secondary N) is 1. The van der Waals surface area contributed by atoms with Gasteiger partial charge in [-0.1, -0.05) is 18.2 Å². The maximum Gasteiger partial charge on any atom is 0.338 e. The van der Waals surface area contributed by atoms with Gasteiger partial charge in [0.1, 0.15) is 0 Å². The van der Waals surface area contributed by atoms with E-state index in [2.05, 4.69) is 10.3 Å². The predicted octanol–water partition coefficient (Wildman–Crippen LogP) is 3.24. The summed E-state index contributed by atoms with van der Waals surface area (Å²) in [6.45, 7) is 2.60. The van der Waals surface area contributed by atoms with Crippen LogP contribution in [0, 0.1) is 0 Å². The SMILES string of the molecule is CCOC(=O)c1cccc(NC(=O)CCn2cnc3ccccc32)c1. The Balaban J connectivity index is 1.61. The van der Waals surface area contributed by atoms with Crippen LogP contribution in [0.1, 0.15) is 23.7 Å². The summed E-state index contributed by atoms with van der Waals surface area (Å²) >= 11 is 0. The molecule has 1 aromatic heterocycles. The van der Waals surface area contributed by atoms with E-state index in [-0.39, 0.29) is 5.91 Å². The number of aromatic nitrogens is 2. The second-order valence-electron chi connectivity index (χ2n) is 5.53. The third kappa shape index (κ3) is 4.03. The first kappa shape index (κ1) is 16.7. The van der Waals surface area contributed by atoms with Crippen LogP contribution in [-0.4, -0.2) is 28.0 Å². The normalized spacial score (nSPS) is 10.6. The number of carbonyl (C=O) groups is 2. The number of nitrogens with zero attached hydrogens (tertiary/aromatic N) is 2. The maximum absolute atomic E-state index is 12.2. The molecule has 0 saturated carbocycles. The summed E-state index contributed by atoms with van der Waals surface area (Å²) in [4.78, 5) is 28.2. The number of amides is 1.